The highest BCUT2D eigenvalue weighted by Crippen LogP contribution is 2.22. The van der Waals surface area contributed by atoms with Crippen molar-refractivity contribution in [3.05, 3.63) is 66.5 Å². The Morgan fingerprint density at radius 1 is 1.03 bits per heavy atom. The number of benzene rings is 2. The molecule has 0 atom stereocenters. The first kappa shape index (κ1) is 20.8. The minimum absolute atomic E-state index is 0.0707. The summed E-state index contributed by atoms with van der Waals surface area (Å²) in [7, 11) is 1.64. The number of methoxy groups -OCH3 is 1. The summed E-state index contributed by atoms with van der Waals surface area (Å²) in [4.78, 5) is 23.7. The number of amides is 1. The molecule has 2 heterocycles. The van der Waals surface area contributed by atoms with E-state index >= 15 is 0 Å². The summed E-state index contributed by atoms with van der Waals surface area (Å²) in [5, 5.41) is 6.17. The Bertz CT molecular complexity index is 999. The van der Waals surface area contributed by atoms with Crippen molar-refractivity contribution in [2.45, 2.75) is 12.8 Å². The number of nitrogens with zero attached hydrogens (tertiary/aromatic N) is 3. The van der Waals surface area contributed by atoms with Gasteiger partial charge >= 0.3 is 0 Å². The molecule has 1 amide bonds. The van der Waals surface area contributed by atoms with E-state index in [4.69, 9.17) is 4.74 Å². The van der Waals surface area contributed by atoms with Crippen molar-refractivity contribution in [1.29, 1.82) is 0 Å². The zero-order valence-electron chi connectivity index (χ0n) is 17.7. The highest BCUT2D eigenvalue weighted by molar-refractivity contribution is 5.95. The number of rotatable bonds is 8. The minimum Gasteiger partial charge on any atom is -0.497 e. The number of hydrogen-bond donors (Lipinski definition) is 2. The topological polar surface area (TPSA) is 79.4 Å². The number of anilines is 2. The molecule has 160 valence electrons. The summed E-state index contributed by atoms with van der Waals surface area (Å²) in [6.07, 6.45) is 6.05. The molecule has 31 heavy (non-hydrogen) atoms. The van der Waals surface area contributed by atoms with Crippen LogP contribution in [0.5, 0.6) is 5.75 Å². The highest BCUT2D eigenvalue weighted by atomic mass is 16.5. The molecule has 7 nitrogen and oxygen atoms in total. The Labute approximate surface area is 182 Å². The van der Waals surface area contributed by atoms with Gasteiger partial charge in [-0.3, -0.25) is 4.79 Å². The van der Waals surface area contributed by atoms with Crippen LogP contribution in [0.3, 0.4) is 0 Å². The molecule has 1 fully saturated rings. The van der Waals surface area contributed by atoms with Crippen LogP contribution in [0.25, 0.3) is 11.1 Å². The number of carbonyl (C=O) groups excluding carboxylic acids is 1. The summed E-state index contributed by atoms with van der Waals surface area (Å²) >= 11 is 0. The smallest absolute Gasteiger partial charge is 0.251 e. The van der Waals surface area contributed by atoms with Gasteiger partial charge in [-0.25, -0.2) is 9.97 Å². The Morgan fingerprint density at radius 3 is 2.48 bits per heavy atom. The molecule has 0 radical (unpaired) electrons. The third-order valence-corrected chi connectivity index (χ3v) is 5.37. The maximum Gasteiger partial charge on any atom is 0.251 e. The number of nitrogens with one attached hydrogen (secondary N) is 2. The standard InChI is InChI=1S/C24H27N5O2/c1-31-22-9-7-18(8-10-22)20-16-26-24(27-17-20)28-21-6-4-5-19(15-21)23(30)25-11-14-29-12-2-3-13-29/h4-10,15-17H,2-3,11-14H2,1H3,(H,25,30)(H,26,27,28). The highest BCUT2D eigenvalue weighted by Gasteiger charge is 2.12. The van der Waals surface area contributed by atoms with E-state index in [0.717, 1.165) is 42.2 Å². The molecule has 1 aliphatic heterocycles. The second kappa shape index (κ2) is 10.0. The van der Waals surface area contributed by atoms with Gasteiger partial charge in [-0.1, -0.05) is 18.2 Å². The summed E-state index contributed by atoms with van der Waals surface area (Å²) in [5.41, 5.74) is 3.31. The van der Waals surface area contributed by atoms with Gasteiger partial charge in [-0.05, 0) is 61.8 Å². The number of aromatic nitrogens is 2. The average Bonchev–Trinajstić information content (AvgIpc) is 3.33. The van der Waals surface area contributed by atoms with E-state index in [2.05, 4.69) is 25.5 Å². The van der Waals surface area contributed by atoms with Gasteiger partial charge in [-0.15, -0.1) is 0 Å². The molecule has 0 spiro atoms. The van der Waals surface area contributed by atoms with Crippen LogP contribution >= 0.6 is 0 Å². The fourth-order valence-electron chi connectivity index (χ4n) is 3.63. The Kier molecular flexibility index (Phi) is 6.74. The Hall–Kier alpha value is -3.45. The average molecular weight is 418 g/mol. The molecule has 1 saturated heterocycles. The number of hydrogen-bond acceptors (Lipinski definition) is 6. The Balaban J connectivity index is 1.34. The van der Waals surface area contributed by atoms with Crippen LogP contribution in [0.15, 0.2) is 60.9 Å². The van der Waals surface area contributed by atoms with E-state index in [1.54, 1.807) is 19.5 Å². The van der Waals surface area contributed by atoms with Crippen molar-refractivity contribution in [2.75, 3.05) is 38.6 Å². The number of carbonyl (C=O) groups is 1. The molecular weight excluding hydrogens is 390 g/mol. The van der Waals surface area contributed by atoms with E-state index in [1.807, 2.05) is 48.5 Å². The van der Waals surface area contributed by atoms with Crippen LogP contribution in [-0.2, 0) is 0 Å². The fraction of sp³-hybridized carbons (Fsp3) is 0.292. The predicted molar refractivity (Wildman–Crippen MR) is 122 cm³/mol. The van der Waals surface area contributed by atoms with Crippen molar-refractivity contribution >= 4 is 17.5 Å². The van der Waals surface area contributed by atoms with Gasteiger partial charge in [0, 0.05) is 42.3 Å². The first-order chi connectivity index (χ1) is 15.2. The van der Waals surface area contributed by atoms with Crippen LogP contribution < -0.4 is 15.4 Å². The van der Waals surface area contributed by atoms with E-state index < -0.39 is 0 Å². The quantitative estimate of drug-likeness (QED) is 0.582. The molecule has 1 aliphatic rings. The van der Waals surface area contributed by atoms with Gasteiger partial charge in [0.05, 0.1) is 7.11 Å². The lowest BCUT2D eigenvalue weighted by molar-refractivity contribution is 0.0950. The summed E-state index contributed by atoms with van der Waals surface area (Å²) < 4.78 is 5.19. The van der Waals surface area contributed by atoms with Crippen LogP contribution in [0.4, 0.5) is 11.6 Å². The van der Waals surface area contributed by atoms with Gasteiger partial charge in [0.15, 0.2) is 0 Å². The molecule has 0 aliphatic carbocycles. The zero-order chi connectivity index (χ0) is 21.5. The third-order valence-electron chi connectivity index (χ3n) is 5.37. The normalized spacial score (nSPS) is 13.7. The Morgan fingerprint density at radius 2 is 1.77 bits per heavy atom. The van der Waals surface area contributed by atoms with E-state index in [0.29, 0.717) is 18.1 Å². The van der Waals surface area contributed by atoms with Crippen LogP contribution in [0.2, 0.25) is 0 Å². The van der Waals surface area contributed by atoms with Gasteiger partial charge in [0.25, 0.3) is 5.91 Å². The predicted octanol–water partition coefficient (Wildman–Crippen LogP) is 3.72. The molecule has 0 unspecified atom stereocenters. The maximum absolute atomic E-state index is 12.5. The van der Waals surface area contributed by atoms with E-state index in [-0.39, 0.29) is 5.91 Å². The lowest BCUT2D eigenvalue weighted by Gasteiger charge is -2.15. The number of ether oxygens (including phenoxy) is 1. The van der Waals surface area contributed by atoms with Gasteiger partial charge in [0.2, 0.25) is 5.95 Å². The van der Waals surface area contributed by atoms with Crippen molar-refractivity contribution in [3.63, 3.8) is 0 Å². The molecule has 2 N–H and O–H groups in total. The van der Waals surface area contributed by atoms with E-state index in [9.17, 15) is 4.79 Å². The molecular formula is C24H27N5O2. The second-order valence-electron chi connectivity index (χ2n) is 7.53. The molecule has 0 bridgehead atoms. The molecule has 0 saturated carbocycles. The van der Waals surface area contributed by atoms with Gasteiger partial charge in [0.1, 0.15) is 5.75 Å². The maximum atomic E-state index is 12.5. The van der Waals surface area contributed by atoms with Crippen LogP contribution in [0.1, 0.15) is 23.2 Å². The van der Waals surface area contributed by atoms with Crippen molar-refractivity contribution < 1.29 is 9.53 Å². The number of likely N-dealkylation sites (tertiary alicyclic amines) is 1. The van der Waals surface area contributed by atoms with Crippen molar-refractivity contribution in [3.8, 4) is 16.9 Å². The lowest BCUT2D eigenvalue weighted by Crippen LogP contribution is -2.33. The monoisotopic (exact) mass is 417 g/mol. The third kappa shape index (κ3) is 5.58. The molecule has 7 heteroatoms. The summed E-state index contributed by atoms with van der Waals surface area (Å²) in [6.45, 7) is 3.82. The fourth-order valence-corrected chi connectivity index (χ4v) is 3.63. The van der Waals surface area contributed by atoms with Gasteiger partial charge < -0.3 is 20.3 Å². The second-order valence-corrected chi connectivity index (χ2v) is 7.53. The lowest BCUT2D eigenvalue weighted by atomic mass is 10.1. The van der Waals surface area contributed by atoms with Crippen LogP contribution in [-0.4, -0.2) is 54.1 Å². The SMILES string of the molecule is COc1ccc(-c2cnc(Nc3cccc(C(=O)NCCN4CCCC4)c3)nc2)cc1. The minimum atomic E-state index is -0.0707. The van der Waals surface area contributed by atoms with Crippen molar-refractivity contribution in [1.82, 2.24) is 20.2 Å². The molecule has 2 aromatic carbocycles. The summed E-state index contributed by atoms with van der Waals surface area (Å²) in [6, 6.07) is 15.1. The zero-order valence-corrected chi connectivity index (χ0v) is 17.7. The molecule has 1 aromatic heterocycles. The van der Waals surface area contributed by atoms with Crippen molar-refractivity contribution in [2.24, 2.45) is 0 Å². The first-order valence-corrected chi connectivity index (χ1v) is 10.6. The first-order valence-electron chi connectivity index (χ1n) is 10.6. The molecule has 4 rings (SSSR count). The van der Waals surface area contributed by atoms with Gasteiger partial charge in [-0.2, -0.15) is 0 Å². The largest absolute Gasteiger partial charge is 0.497 e. The van der Waals surface area contributed by atoms with E-state index in [1.165, 1.54) is 12.8 Å². The summed E-state index contributed by atoms with van der Waals surface area (Å²) in [5.74, 6) is 1.21. The molecule has 3 aromatic rings. The van der Waals surface area contributed by atoms with Crippen LogP contribution in [0, 0.1) is 0 Å².